The minimum absolute atomic E-state index is 0.0697. The van der Waals surface area contributed by atoms with Crippen molar-refractivity contribution < 1.29 is 23.7 Å². The summed E-state index contributed by atoms with van der Waals surface area (Å²) in [4.78, 5) is 15.0. The second-order valence-corrected chi connectivity index (χ2v) is 7.50. The number of anilines is 1. The Balaban J connectivity index is 1.44. The van der Waals surface area contributed by atoms with E-state index in [4.69, 9.17) is 18.9 Å². The zero-order chi connectivity index (χ0) is 20.9. The fraction of sp³-hybridized carbons (Fsp3) is 0.435. The van der Waals surface area contributed by atoms with Gasteiger partial charge < -0.3 is 24.3 Å². The van der Waals surface area contributed by atoms with Gasteiger partial charge in [-0.05, 0) is 49.2 Å². The predicted molar refractivity (Wildman–Crippen MR) is 114 cm³/mol. The van der Waals surface area contributed by atoms with E-state index in [0.717, 1.165) is 42.9 Å². The van der Waals surface area contributed by atoms with Crippen LogP contribution in [0.5, 0.6) is 23.0 Å². The van der Waals surface area contributed by atoms with E-state index < -0.39 is 0 Å². The summed E-state index contributed by atoms with van der Waals surface area (Å²) in [5, 5.41) is 2.96. The molecule has 1 N–H and O–H groups in total. The molecule has 0 radical (unpaired) electrons. The molecule has 160 valence electrons. The summed E-state index contributed by atoms with van der Waals surface area (Å²) in [5.74, 6) is 2.77. The van der Waals surface area contributed by atoms with Crippen LogP contribution in [0.1, 0.15) is 30.9 Å². The van der Waals surface area contributed by atoms with E-state index in [1.807, 2.05) is 6.07 Å². The van der Waals surface area contributed by atoms with E-state index in [2.05, 4.69) is 22.3 Å². The maximum absolute atomic E-state index is 12.8. The molecule has 0 aromatic heterocycles. The van der Waals surface area contributed by atoms with Crippen LogP contribution >= 0.6 is 0 Å². The zero-order valence-electron chi connectivity index (χ0n) is 17.5. The second kappa shape index (κ2) is 9.26. The van der Waals surface area contributed by atoms with Crippen molar-refractivity contribution in [2.75, 3.05) is 45.8 Å². The highest BCUT2D eigenvalue weighted by Gasteiger charge is 2.29. The SMILES string of the molecule is COc1ccc(NC(=O)CN2CCC[C@@H]2c2ccc3c(c2)OCCCO3)c(OC)c1. The smallest absolute Gasteiger partial charge is 0.238 e. The topological polar surface area (TPSA) is 69.3 Å². The van der Waals surface area contributed by atoms with Crippen LogP contribution in [0.15, 0.2) is 36.4 Å². The van der Waals surface area contributed by atoms with Gasteiger partial charge in [-0.15, -0.1) is 0 Å². The van der Waals surface area contributed by atoms with Crippen LogP contribution in [0, 0.1) is 0 Å². The fourth-order valence-corrected chi connectivity index (χ4v) is 4.06. The summed E-state index contributed by atoms with van der Waals surface area (Å²) >= 11 is 0. The first-order chi connectivity index (χ1) is 14.7. The average Bonchev–Trinajstić information content (AvgIpc) is 3.09. The standard InChI is InChI=1S/C23H28N2O5/c1-27-17-7-8-18(21(14-17)28-2)24-23(26)15-25-10-3-5-19(25)16-6-9-20-22(13-16)30-12-4-11-29-20/h6-9,13-14,19H,3-5,10-12,15H2,1-2H3,(H,24,26)/t19-/m1/s1. The van der Waals surface area contributed by atoms with Crippen LogP contribution in [0.3, 0.4) is 0 Å². The lowest BCUT2D eigenvalue weighted by atomic mass is 10.0. The van der Waals surface area contributed by atoms with Gasteiger partial charge in [-0.2, -0.15) is 0 Å². The lowest BCUT2D eigenvalue weighted by Gasteiger charge is -2.25. The fourth-order valence-electron chi connectivity index (χ4n) is 4.06. The van der Waals surface area contributed by atoms with Crippen LogP contribution < -0.4 is 24.3 Å². The summed E-state index contributed by atoms with van der Waals surface area (Å²) in [7, 11) is 3.17. The summed E-state index contributed by atoms with van der Waals surface area (Å²) in [5.41, 5.74) is 1.79. The molecule has 1 atom stereocenters. The number of hydrogen-bond acceptors (Lipinski definition) is 6. The van der Waals surface area contributed by atoms with E-state index in [1.54, 1.807) is 32.4 Å². The van der Waals surface area contributed by atoms with Gasteiger partial charge in [-0.1, -0.05) is 6.07 Å². The van der Waals surface area contributed by atoms with Gasteiger partial charge in [-0.3, -0.25) is 9.69 Å². The van der Waals surface area contributed by atoms with Gasteiger partial charge >= 0.3 is 0 Å². The molecule has 0 bridgehead atoms. The molecule has 7 heteroatoms. The molecule has 2 heterocycles. The van der Waals surface area contributed by atoms with Gasteiger partial charge in [0.2, 0.25) is 5.91 Å². The van der Waals surface area contributed by atoms with Crippen LogP contribution in [0.25, 0.3) is 0 Å². The number of likely N-dealkylation sites (tertiary alicyclic amines) is 1. The van der Waals surface area contributed by atoms with Gasteiger partial charge in [0.25, 0.3) is 0 Å². The molecule has 2 aromatic carbocycles. The molecule has 2 aliphatic heterocycles. The largest absolute Gasteiger partial charge is 0.497 e. The number of hydrogen-bond donors (Lipinski definition) is 1. The Morgan fingerprint density at radius 3 is 2.70 bits per heavy atom. The first kappa shape index (κ1) is 20.3. The number of amides is 1. The highest BCUT2D eigenvalue weighted by atomic mass is 16.5. The van der Waals surface area contributed by atoms with Crippen molar-refractivity contribution in [1.82, 2.24) is 4.90 Å². The van der Waals surface area contributed by atoms with Gasteiger partial charge in [-0.25, -0.2) is 0 Å². The van der Waals surface area contributed by atoms with Gasteiger partial charge in [0.05, 0.1) is 39.7 Å². The van der Waals surface area contributed by atoms with Crippen LogP contribution in [0.4, 0.5) is 5.69 Å². The number of fused-ring (bicyclic) bond motifs is 1. The summed E-state index contributed by atoms with van der Waals surface area (Å²) in [6.45, 7) is 2.54. The highest BCUT2D eigenvalue weighted by molar-refractivity contribution is 5.93. The van der Waals surface area contributed by atoms with Crippen molar-refractivity contribution >= 4 is 11.6 Å². The van der Waals surface area contributed by atoms with Crippen molar-refractivity contribution in [3.05, 3.63) is 42.0 Å². The Hall–Kier alpha value is -2.93. The quantitative estimate of drug-likeness (QED) is 0.781. The molecule has 7 nitrogen and oxygen atoms in total. The first-order valence-corrected chi connectivity index (χ1v) is 10.3. The van der Waals surface area contributed by atoms with Gasteiger partial charge in [0.1, 0.15) is 11.5 Å². The average molecular weight is 412 g/mol. The third-order valence-electron chi connectivity index (χ3n) is 5.55. The third-order valence-corrected chi connectivity index (χ3v) is 5.55. The third kappa shape index (κ3) is 4.46. The molecule has 30 heavy (non-hydrogen) atoms. The molecule has 2 aromatic rings. The highest BCUT2D eigenvalue weighted by Crippen LogP contribution is 2.38. The molecule has 2 aliphatic rings. The summed E-state index contributed by atoms with van der Waals surface area (Å²) in [6.07, 6.45) is 2.95. The molecule has 1 fully saturated rings. The molecular formula is C23H28N2O5. The van der Waals surface area contributed by atoms with E-state index >= 15 is 0 Å². The number of ether oxygens (including phenoxy) is 4. The number of carbonyl (C=O) groups is 1. The molecule has 1 amide bonds. The molecule has 4 rings (SSSR count). The maximum atomic E-state index is 12.8. The van der Waals surface area contributed by atoms with Crippen molar-refractivity contribution in [3.63, 3.8) is 0 Å². The normalized spacial score (nSPS) is 18.5. The molecule has 0 aliphatic carbocycles. The molecular weight excluding hydrogens is 384 g/mol. The summed E-state index contributed by atoms with van der Waals surface area (Å²) < 4.78 is 22.2. The number of nitrogens with zero attached hydrogens (tertiary/aromatic N) is 1. The lowest BCUT2D eigenvalue weighted by molar-refractivity contribution is -0.117. The minimum Gasteiger partial charge on any atom is -0.497 e. The minimum atomic E-state index is -0.0697. The van der Waals surface area contributed by atoms with E-state index in [0.29, 0.717) is 36.9 Å². The Labute approximate surface area is 176 Å². The number of rotatable bonds is 6. The molecule has 0 saturated carbocycles. The molecule has 0 spiro atoms. The number of nitrogens with one attached hydrogen (secondary N) is 1. The monoisotopic (exact) mass is 412 g/mol. The van der Waals surface area contributed by atoms with Crippen molar-refractivity contribution in [1.29, 1.82) is 0 Å². The zero-order valence-corrected chi connectivity index (χ0v) is 17.5. The number of carbonyl (C=O) groups excluding carboxylic acids is 1. The van der Waals surface area contributed by atoms with E-state index in [9.17, 15) is 4.79 Å². The molecule has 0 unspecified atom stereocenters. The van der Waals surface area contributed by atoms with Gasteiger partial charge in [0.15, 0.2) is 11.5 Å². The van der Waals surface area contributed by atoms with Crippen LogP contribution in [-0.4, -0.2) is 51.3 Å². The Morgan fingerprint density at radius 2 is 1.90 bits per heavy atom. The second-order valence-electron chi connectivity index (χ2n) is 7.50. The van der Waals surface area contributed by atoms with Crippen LogP contribution in [-0.2, 0) is 4.79 Å². The predicted octanol–water partition coefficient (Wildman–Crippen LogP) is 3.64. The van der Waals surface area contributed by atoms with E-state index in [-0.39, 0.29) is 11.9 Å². The summed E-state index contributed by atoms with van der Waals surface area (Å²) in [6, 6.07) is 11.7. The van der Waals surface area contributed by atoms with Crippen molar-refractivity contribution in [3.8, 4) is 23.0 Å². The number of benzene rings is 2. The Morgan fingerprint density at radius 1 is 1.07 bits per heavy atom. The van der Waals surface area contributed by atoms with Crippen molar-refractivity contribution in [2.24, 2.45) is 0 Å². The maximum Gasteiger partial charge on any atom is 0.238 e. The number of methoxy groups -OCH3 is 2. The van der Waals surface area contributed by atoms with Crippen molar-refractivity contribution in [2.45, 2.75) is 25.3 Å². The van der Waals surface area contributed by atoms with Gasteiger partial charge in [0, 0.05) is 18.5 Å². The lowest BCUT2D eigenvalue weighted by Crippen LogP contribution is -2.33. The first-order valence-electron chi connectivity index (χ1n) is 10.3. The van der Waals surface area contributed by atoms with E-state index in [1.165, 1.54) is 0 Å². The van der Waals surface area contributed by atoms with Crippen LogP contribution in [0.2, 0.25) is 0 Å². The molecule has 1 saturated heterocycles. The Bertz CT molecular complexity index is 901. The Kier molecular flexibility index (Phi) is 6.28.